The smallest absolute Gasteiger partial charge is 0.308 e. The van der Waals surface area contributed by atoms with Crippen molar-refractivity contribution < 1.29 is 23.9 Å². The maximum atomic E-state index is 14.1. The molecule has 6 rings (SSSR count). The molecular weight excluding hydrogens is 480 g/mol. The Morgan fingerprint density at radius 3 is 2.29 bits per heavy atom. The number of imide groups is 1. The molecule has 0 aliphatic carbocycles. The van der Waals surface area contributed by atoms with Gasteiger partial charge >= 0.3 is 5.97 Å². The molecule has 7 heteroatoms. The number of aryl methyl sites for hydroxylation is 2. The molecule has 190 valence electrons. The Morgan fingerprint density at radius 2 is 1.58 bits per heavy atom. The van der Waals surface area contributed by atoms with Gasteiger partial charge in [-0.15, -0.1) is 0 Å². The van der Waals surface area contributed by atoms with E-state index in [1.807, 2.05) is 67.4 Å². The fraction of sp³-hybridized carbons (Fsp3) is 0.226. The summed E-state index contributed by atoms with van der Waals surface area (Å²) in [6.07, 6.45) is 3.76. The van der Waals surface area contributed by atoms with Crippen LogP contribution in [0.1, 0.15) is 45.6 Å². The minimum atomic E-state index is -0.860. The average molecular weight is 507 g/mol. The van der Waals surface area contributed by atoms with E-state index < -0.39 is 29.9 Å². The summed E-state index contributed by atoms with van der Waals surface area (Å²) in [6.45, 7) is 5.15. The normalized spacial score (nSPS) is 23.2. The van der Waals surface area contributed by atoms with Gasteiger partial charge in [0.1, 0.15) is 11.8 Å². The summed E-state index contributed by atoms with van der Waals surface area (Å²) >= 11 is 0. The van der Waals surface area contributed by atoms with Crippen molar-refractivity contribution in [3.63, 3.8) is 0 Å². The molecule has 38 heavy (non-hydrogen) atoms. The lowest BCUT2D eigenvalue weighted by molar-refractivity contribution is -0.132. The maximum Gasteiger partial charge on any atom is 0.308 e. The van der Waals surface area contributed by atoms with Gasteiger partial charge < -0.3 is 9.64 Å². The molecule has 0 N–H and O–H groups in total. The predicted molar refractivity (Wildman–Crippen MR) is 141 cm³/mol. The number of esters is 1. The number of nitrogens with zero attached hydrogens (tertiary/aromatic N) is 2. The van der Waals surface area contributed by atoms with Gasteiger partial charge in [0, 0.05) is 18.7 Å². The first kappa shape index (κ1) is 23.9. The quantitative estimate of drug-likeness (QED) is 0.222. The van der Waals surface area contributed by atoms with Crippen molar-refractivity contribution in [3.05, 3.63) is 101 Å². The second-order valence-corrected chi connectivity index (χ2v) is 10.1. The van der Waals surface area contributed by atoms with Crippen LogP contribution in [-0.4, -0.2) is 34.5 Å². The largest absolute Gasteiger partial charge is 0.427 e. The fourth-order valence-corrected chi connectivity index (χ4v) is 6.17. The van der Waals surface area contributed by atoms with Crippen LogP contribution in [0.5, 0.6) is 5.75 Å². The zero-order valence-electron chi connectivity index (χ0n) is 21.3. The first-order chi connectivity index (χ1) is 18.3. The van der Waals surface area contributed by atoms with Gasteiger partial charge in [0.25, 0.3) is 0 Å². The monoisotopic (exact) mass is 506 g/mol. The van der Waals surface area contributed by atoms with E-state index in [9.17, 15) is 19.2 Å². The van der Waals surface area contributed by atoms with Crippen LogP contribution < -0.4 is 9.64 Å². The maximum absolute atomic E-state index is 14.1. The molecule has 0 unspecified atom stereocenters. The molecule has 3 aliphatic rings. The second-order valence-electron chi connectivity index (χ2n) is 10.1. The SMILES string of the molecule is CC(=O)Oc1ccc(C(=O)[C@H]2[C@@H]3C(=O)N(c4ccc(C)cc4C)C(=O)[C@@H]3[C@H]3c4ccccc4C=CN32)cc1. The molecule has 0 bridgehead atoms. The average Bonchev–Trinajstić information content (AvgIpc) is 3.36. The van der Waals surface area contributed by atoms with Crippen LogP contribution in [0.25, 0.3) is 6.08 Å². The number of ketones is 1. The van der Waals surface area contributed by atoms with Crippen LogP contribution in [-0.2, 0) is 14.4 Å². The van der Waals surface area contributed by atoms with Crippen LogP contribution in [0.15, 0.2) is 72.9 Å². The van der Waals surface area contributed by atoms with E-state index in [0.29, 0.717) is 17.0 Å². The van der Waals surface area contributed by atoms with Crippen LogP contribution >= 0.6 is 0 Å². The number of amides is 2. The van der Waals surface area contributed by atoms with E-state index in [1.165, 1.54) is 11.8 Å². The zero-order chi connectivity index (χ0) is 26.7. The van der Waals surface area contributed by atoms with Crippen molar-refractivity contribution in [1.29, 1.82) is 0 Å². The number of ether oxygens (including phenoxy) is 1. The molecule has 3 aromatic rings. The third-order valence-corrected chi connectivity index (χ3v) is 7.72. The van der Waals surface area contributed by atoms with Gasteiger partial charge in [0.15, 0.2) is 5.78 Å². The van der Waals surface area contributed by atoms with Crippen LogP contribution in [0.2, 0.25) is 0 Å². The fourth-order valence-electron chi connectivity index (χ4n) is 6.17. The lowest BCUT2D eigenvalue weighted by atomic mass is 9.83. The molecule has 0 saturated carbocycles. The van der Waals surface area contributed by atoms with Crippen molar-refractivity contribution in [3.8, 4) is 5.75 Å². The Bertz CT molecular complexity index is 1540. The van der Waals surface area contributed by atoms with E-state index >= 15 is 0 Å². The van der Waals surface area contributed by atoms with Crippen molar-refractivity contribution >= 4 is 35.3 Å². The summed E-state index contributed by atoms with van der Waals surface area (Å²) in [5.74, 6) is -2.58. The van der Waals surface area contributed by atoms with E-state index in [1.54, 1.807) is 30.3 Å². The van der Waals surface area contributed by atoms with Gasteiger partial charge in [0.05, 0.1) is 23.6 Å². The number of fused-ring (bicyclic) bond motifs is 5. The molecule has 0 spiro atoms. The second kappa shape index (κ2) is 8.80. The van der Waals surface area contributed by atoms with Gasteiger partial charge in [-0.1, -0.05) is 42.0 Å². The van der Waals surface area contributed by atoms with Gasteiger partial charge in [-0.25, -0.2) is 4.90 Å². The Labute approximate surface area is 220 Å². The number of Topliss-reactive ketones (excluding diaryl/α,β-unsaturated/α-hetero) is 1. The number of benzene rings is 3. The summed E-state index contributed by atoms with van der Waals surface area (Å²) in [4.78, 5) is 56.6. The zero-order valence-corrected chi connectivity index (χ0v) is 21.3. The van der Waals surface area contributed by atoms with Crippen LogP contribution in [0, 0.1) is 25.7 Å². The van der Waals surface area contributed by atoms with Gasteiger partial charge in [-0.05, 0) is 66.9 Å². The molecule has 2 saturated heterocycles. The minimum absolute atomic E-state index is 0.260. The topological polar surface area (TPSA) is 84.0 Å². The number of carbonyl (C=O) groups excluding carboxylic acids is 4. The highest BCUT2D eigenvalue weighted by molar-refractivity contribution is 6.25. The van der Waals surface area contributed by atoms with E-state index in [2.05, 4.69) is 0 Å². The molecule has 3 heterocycles. The van der Waals surface area contributed by atoms with Crippen molar-refractivity contribution in [2.75, 3.05) is 4.90 Å². The van der Waals surface area contributed by atoms with E-state index in [0.717, 1.165) is 22.3 Å². The van der Waals surface area contributed by atoms with E-state index in [4.69, 9.17) is 4.74 Å². The summed E-state index contributed by atoms with van der Waals surface area (Å²) in [5.41, 5.74) is 4.70. The number of rotatable bonds is 4. The first-order valence-corrected chi connectivity index (χ1v) is 12.6. The van der Waals surface area contributed by atoms with Gasteiger partial charge in [-0.2, -0.15) is 0 Å². The standard InChI is InChI=1S/C31H26N2O5/c1-17-8-13-24(18(2)16-17)33-30(36)25-26(31(33)37)28(29(35)21-9-11-22(12-10-21)38-19(3)34)32-15-14-20-6-4-5-7-23(20)27(25)32/h4-16,25-28H,1-3H3/t25-,26+,27+,28+/m0/s1. The summed E-state index contributed by atoms with van der Waals surface area (Å²) in [6, 6.07) is 18.4. The number of carbonyl (C=O) groups is 4. The van der Waals surface area contributed by atoms with Gasteiger partial charge in [-0.3, -0.25) is 19.2 Å². The number of hydrogen-bond donors (Lipinski definition) is 0. The summed E-state index contributed by atoms with van der Waals surface area (Å²) in [5, 5.41) is 0. The first-order valence-electron chi connectivity index (χ1n) is 12.6. The predicted octanol–water partition coefficient (Wildman–Crippen LogP) is 4.63. The highest BCUT2D eigenvalue weighted by atomic mass is 16.5. The molecule has 3 aliphatic heterocycles. The third-order valence-electron chi connectivity index (χ3n) is 7.72. The Kier molecular flexibility index (Phi) is 5.52. The summed E-state index contributed by atoms with van der Waals surface area (Å²) in [7, 11) is 0. The molecule has 3 aromatic carbocycles. The molecule has 0 aromatic heterocycles. The molecule has 0 radical (unpaired) electrons. The van der Waals surface area contributed by atoms with Crippen molar-refractivity contribution in [2.45, 2.75) is 32.9 Å². The lowest BCUT2D eigenvalue weighted by Crippen LogP contribution is -2.44. The minimum Gasteiger partial charge on any atom is -0.427 e. The molecule has 2 fully saturated rings. The lowest BCUT2D eigenvalue weighted by Gasteiger charge is -2.35. The summed E-state index contributed by atoms with van der Waals surface area (Å²) < 4.78 is 5.11. The third kappa shape index (κ3) is 3.57. The highest BCUT2D eigenvalue weighted by Crippen LogP contribution is 2.54. The Balaban J connectivity index is 1.45. The van der Waals surface area contributed by atoms with Crippen molar-refractivity contribution in [2.24, 2.45) is 11.8 Å². The molecule has 4 atom stereocenters. The Morgan fingerprint density at radius 1 is 0.868 bits per heavy atom. The van der Waals surface area contributed by atoms with Crippen LogP contribution in [0.4, 0.5) is 5.69 Å². The number of anilines is 1. The van der Waals surface area contributed by atoms with Gasteiger partial charge in [0.2, 0.25) is 11.8 Å². The molecule has 2 amide bonds. The highest BCUT2D eigenvalue weighted by Gasteiger charge is 2.64. The van der Waals surface area contributed by atoms with Crippen molar-refractivity contribution in [1.82, 2.24) is 4.90 Å². The van der Waals surface area contributed by atoms with E-state index in [-0.39, 0.29) is 17.6 Å². The molecule has 7 nitrogen and oxygen atoms in total. The number of hydrogen-bond acceptors (Lipinski definition) is 6. The van der Waals surface area contributed by atoms with Crippen LogP contribution in [0.3, 0.4) is 0 Å². The Hall–Kier alpha value is -4.52. The molecular formula is C31H26N2O5.